The largest absolute Gasteiger partial charge is 0.465 e. The lowest BCUT2D eigenvalue weighted by atomic mass is 9.79. The van der Waals surface area contributed by atoms with Crippen LogP contribution in [0.15, 0.2) is 0 Å². The zero-order valence-corrected chi connectivity index (χ0v) is 14.1. The predicted octanol–water partition coefficient (Wildman–Crippen LogP) is 2.28. The predicted molar refractivity (Wildman–Crippen MR) is 82.3 cm³/mol. The number of rotatable bonds is 8. The highest BCUT2D eigenvalue weighted by molar-refractivity contribution is 5.81. The van der Waals surface area contributed by atoms with E-state index in [2.05, 4.69) is 19.2 Å². The summed E-state index contributed by atoms with van der Waals surface area (Å²) >= 11 is 0. The third-order valence-corrected chi connectivity index (χ3v) is 3.76. The van der Waals surface area contributed by atoms with Gasteiger partial charge in [-0.3, -0.25) is 10.1 Å². The van der Waals surface area contributed by atoms with Gasteiger partial charge in [0.25, 0.3) is 0 Å². The van der Waals surface area contributed by atoms with Gasteiger partial charge in [0.15, 0.2) is 0 Å². The molecular weight excluding hydrogens is 270 g/mol. The van der Waals surface area contributed by atoms with Gasteiger partial charge in [0, 0.05) is 19.6 Å². The minimum Gasteiger partial charge on any atom is -0.465 e. The van der Waals surface area contributed by atoms with Gasteiger partial charge < -0.3 is 14.2 Å². The van der Waals surface area contributed by atoms with Crippen molar-refractivity contribution in [1.82, 2.24) is 5.32 Å². The molecule has 0 aromatic rings. The number of esters is 1. The lowest BCUT2D eigenvalue weighted by Gasteiger charge is -2.41. The highest BCUT2D eigenvalue weighted by atomic mass is 16.5. The molecule has 0 aliphatic heterocycles. The summed E-state index contributed by atoms with van der Waals surface area (Å²) in [7, 11) is 1.67. The molecule has 0 radical (unpaired) electrons. The fourth-order valence-corrected chi connectivity index (χ4v) is 3.14. The fourth-order valence-electron chi connectivity index (χ4n) is 3.14. The van der Waals surface area contributed by atoms with E-state index in [1.807, 2.05) is 13.8 Å². The van der Waals surface area contributed by atoms with Crippen LogP contribution >= 0.6 is 0 Å². The Labute approximate surface area is 128 Å². The van der Waals surface area contributed by atoms with E-state index in [1.165, 1.54) is 0 Å². The monoisotopic (exact) mass is 301 g/mol. The van der Waals surface area contributed by atoms with E-state index in [4.69, 9.17) is 14.2 Å². The number of hydrogen-bond donors (Lipinski definition) is 1. The van der Waals surface area contributed by atoms with Gasteiger partial charge in [-0.15, -0.1) is 0 Å². The first-order valence-electron chi connectivity index (χ1n) is 8.02. The molecular formula is C16H31NO4. The van der Waals surface area contributed by atoms with Crippen molar-refractivity contribution in [3.8, 4) is 0 Å². The van der Waals surface area contributed by atoms with E-state index < -0.39 is 5.54 Å². The molecule has 1 N–H and O–H groups in total. The molecule has 5 heteroatoms. The average Bonchev–Trinajstić information content (AvgIpc) is 2.38. The highest BCUT2D eigenvalue weighted by Crippen LogP contribution is 2.32. The van der Waals surface area contributed by atoms with Crippen molar-refractivity contribution in [2.45, 2.75) is 77.2 Å². The first kappa shape index (κ1) is 18.4. The average molecular weight is 301 g/mol. The van der Waals surface area contributed by atoms with E-state index >= 15 is 0 Å². The Morgan fingerprint density at radius 2 is 2.10 bits per heavy atom. The molecule has 3 atom stereocenters. The molecule has 3 unspecified atom stereocenters. The second-order valence-electron chi connectivity index (χ2n) is 6.22. The number of carbonyl (C=O) groups excluding carboxylic acids is 1. The molecule has 0 spiro atoms. The highest BCUT2D eigenvalue weighted by Gasteiger charge is 2.44. The lowest BCUT2D eigenvalue weighted by molar-refractivity contribution is -0.157. The third-order valence-electron chi connectivity index (χ3n) is 3.76. The summed E-state index contributed by atoms with van der Waals surface area (Å²) in [5.41, 5.74) is -0.611. The smallest absolute Gasteiger partial charge is 0.326 e. The standard InChI is InChI=1S/C16H31NO4/c1-6-20-15(18)16(17-12(2)3)9-7-8-14(10-16)21-13(4)11-19-5/h12-14,17H,6-11H2,1-5H3. The third kappa shape index (κ3) is 5.57. The molecule has 5 nitrogen and oxygen atoms in total. The molecule has 1 rings (SSSR count). The van der Waals surface area contributed by atoms with E-state index in [0.717, 1.165) is 19.3 Å². The summed E-state index contributed by atoms with van der Waals surface area (Å²) in [6, 6.07) is 0.226. The van der Waals surface area contributed by atoms with Crippen molar-refractivity contribution in [1.29, 1.82) is 0 Å². The summed E-state index contributed by atoms with van der Waals surface area (Å²) in [5, 5.41) is 3.43. The Hall–Kier alpha value is -0.650. The van der Waals surface area contributed by atoms with Crippen LogP contribution in [0.25, 0.3) is 0 Å². The summed E-state index contributed by atoms with van der Waals surface area (Å²) in [6.45, 7) is 8.93. The van der Waals surface area contributed by atoms with Gasteiger partial charge in [-0.1, -0.05) is 0 Å². The number of nitrogens with one attached hydrogen (secondary N) is 1. The SMILES string of the molecule is CCOC(=O)C1(NC(C)C)CCCC(OC(C)COC)C1. The normalized spacial score (nSPS) is 27.6. The Kier molecular flexibility index (Phi) is 7.63. The second kappa shape index (κ2) is 8.71. The van der Waals surface area contributed by atoms with Crippen LogP contribution in [-0.2, 0) is 19.0 Å². The van der Waals surface area contributed by atoms with Crippen molar-refractivity contribution in [2.24, 2.45) is 0 Å². The van der Waals surface area contributed by atoms with Crippen molar-refractivity contribution in [3.63, 3.8) is 0 Å². The Morgan fingerprint density at radius 1 is 1.38 bits per heavy atom. The zero-order valence-electron chi connectivity index (χ0n) is 14.1. The quantitative estimate of drug-likeness (QED) is 0.697. The fraction of sp³-hybridized carbons (Fsp3) is 0.938. The maximum absolute atomic E-state index is 12.4. The molecule has 0 bridgehead atoms. The van der Waals surface area contributed by atoms with Crippen molar-refractivity contribution in [2.75, 3.05) is 20.3 Å². The minimum atomic E-state index is -0.611. The van der Waals surface area contributed by atoms with Crippen molar-refractivity contribution in [3.05, 3.63) is 0 Å². The van der Waals surface area contributed by atoms with Gasteiger partial charge >= 0.3 is 5.97 Å². The zero-order chi connectivity index (χ0) is 15.9. The molecule has 1 fully saturated rings. The number of methoxy groups -OCH3 is 1. The Bertz CT molecular complexity index is 321. The molecule has 0 amide bonds. The van der Waals surface area contributed by atoms with Crippen LogP contribution < -0.4 is 5.32 Å². The van der Waals surface area contributed by atoms with Crippen LogP contribution in [0.5, 0.6) is 0 Å². The van der Waals surface area contributed by atoms with Gasteiger partial charge in [-0.2, -0.15) is 0 Å². The van der Waals surface area contributed by atoms with Gasteiger partial charge in [0.05, 0.1) is 25.4 Å². The van der Waals surface area contributed by atoms with E-state index in [9.17, 15) is 4.79 Å². The molecule has 21 heavy (non-hydrogen) atoms. The van der Waals surface area contributed by atoms with E-state index in [0.29, 0.717) is 19.6 Å². The summed E-state index contributed by atoms with van der Waals surface area (Å²) in [6.07, 6.45) is 3.52. The molecule has 124 valence electrons. The van der Waals surface area contributed by atoms with Crippen LogP contribution in [0.3, 0.4) is 0 Å². The van der Waals surface area contributed by atoms with E-state index in [1.54, 1.807) is 7.11 Å². The topological polar surface area (TPSA) is 56.8 Å². The van der Waals surface area contributed by atoms with Crippen molar-refractivity contribution < 1.29 is 19.0 Å². The number of carbonyl (C=O) groups is 1. The summed E-state index contributed by atoms with van der Waals surface area (Å²) in [5.74, 6) is -0.147. The summed E-state index contributed by atoms with van der Waals surface area (Å²) < 4.78 is 16.4. The van der Waals surface area contributed by atoms with Crippen LogP contribution in [-0.4, -0.2) is 50.1 Å². The van der Waals surface area contributed by atoms with E-state index in [-0.39, 0.29) is 24.2 Å². The minimum absolute atomic E-state index is 0.0389. The molecule has 1 saturated carbocycles. The van der Waals surface area contributed by atoms with Gasteiger partial charge in [-0.25, -0.2) is 0 Å². The first-order chi connectivity index (χ1) is 9.93. The molecule has 1 aliphatic rings. The van der Waals surface area contributed by atoms with Crippen LogP contribution in [0.2, 0.25) is 0 Å². The van der Waals surface area contributed by atoms with Crippen LogP contribution in [0.4, 0.5) is 0 Å². The Balaban J connectivity index is 2.75. The van der Waals surface area contributed by atoms with Crippen LogP contribution in [0, 0.1) is 0 Å². The summed E-state index contributed by atoms with van der Waals surface area (Å²) in [4.78, 5) is 12.4. The van der Waals surface area contributed by atoms with Gasteiger partial charge in [0.1, 0.15) is 5.54 Å². The number of ether oxygens (including phenoxy) is 3. The number of hydrogen-bond acceptors (Lipinski definition) is 5. The second-order valence-corrected chi connectivity index (χ2v) is 6.22. The maximum atomic E-state index is 12.4. The lowest BCUT2D eigenvalue weighted by Crippen LogP contribution is -2.59. The first-order valence-corrected chi connectivity index (χ1v) is 8.02. The molecule has 1 aliphatic carbocycles. The molecule has 0 aromatic heterocycles. The van der Waals surface area contributed by atoms with Crippen molar-refractivity contribution >= 4 is 5.97 Å². The van der Waals surface area contributed by atoms with Crippen LogP contribution in [0.1, 0.15) is 53.4 Å². The molecule has 0 aromatic carbocycles. The Morgan fingerprint density at radius 3 is 2.67 bits per heavy atom. The van der Waals surface area contributed by atoms with Gasteiger partial charge in [0.2, 0.25) is 0 Å². The molecule has 0 heterocycles. The maximum Gasteiger partial charge on any atom is 0.326 e. The van der Waals surface area contributed by atoms with Gasteiger partial charge in [-0.05, 0) is 47.0 Å². The molecule has 0 saturated heterocycles.